The van der Waals surface area contributed by atoms with Crippen LogP contribution in [0.2, 0.25) is 0 Å². The second-order valence-electron chi connectivity index (χ2n) is 4.98. The topological polar surface area (TPSA) is 77.8 Å². The summed E-state index contributed by atoms with van der Waals surface area (Å²) < 4.78 is 0. The largest absolute Gasteiger partial charge is 0.481 e. The smallest absolute Gasteiger partial charge is 0.308 e. The molecule has 1 aliphatic heterocycles. The van der Waals surface area contributed by atoms with E-state index < -0.39 is 17.5 Å². The molecule has 0 spiro atoms. The third-order valence-corrected chi connectivity index (χ3v) is 2.84. The second-order valence-corrected chi connectivity index (χ2v) is 4.98. The molecule has 1 rings (SSSR count). The summed E-state index contributed by atoms with van der Waals surface area (Å²) in [6.45, 7) is 4.04. The van der Waals surface area contributed by atoms with Crippen LogP contribution in [0.15, 0.2) is 0 Å². The average Bonchev–Trinajstić information content (AvgIpc) is 2.14. The van der Waals surface area contributed by atoms with E-state index in [9.17, 15) is 14.7 Å². The number of hydrogen-bond donors (Lipinski definition) is 2. The summed E-state index contributed by atoms with van der Waals surface area (Å²) in [6, 6.07) is 0. The van der Waals surface area contributed by atoms with E-state index in [1.807, 2.05) is 0 Å². The van der Waals surface area contributed by atoms with Crippen LogP contribution in [0, 0.1) is 5.92 Å². The van der Waals surface area contributed by atoms with Gasteiger partial charge in [0.25, 0.3) is 0 Å². The molecule has 92 valence electrons. The van der Waals surface area contributed by atoms with Gasteiger partial charge in [-0.2, -0.15) is 0 Å². The third-order valence-electron chi connectivity index (χ3n) is 2.84. The number of aliphatic hydroxyl groups is 1. The molecule has 1 fully saturated rings. The van der Waals surface area contributed by atoms with Crippen molar-refractivity contribution in [2.75, 3.05) is 13.1 Å². The zero-order chi connectivity index (χ0) is 12.3. The molecule has 0 aromatic rings. The Bertz CT molecular complexity index is 282. The van der Waals surface area contributed by atoms with Crippen LogP contribution in [-0.2, 0) is 9.59 Å². The van der Waals surface area contributed by atoms with Gasteiger partial charge in [-0.25, -0.2) is 0 Å². The maximum Gasteiger partial charge on any atom is 0.308 e. The van der Waals surface area contributed by atoms with Crippen LogP contribution >= 0.6 is 0 Å². The molecule has 0 saturated carbocycles. The van der Waals surface area contributed by atoms with Gasteiger partial charge in [-0.05, 0) is 26.7 Å². The van der Waals surface area contributed by atoms with E-state index in [0.717, 1.165) is 0 Å². The first-order valence-electron chi connectivity index (χ1n) is 5.52. The number of carboxylic acids is 1. The van der Waals surface area contributed by atoms with Gasteiger partial charge < -0.3 is 15.1 Å². The molecule has 1 saturated heterocycles. The Kier molecular flexibility index (Phi) is 3.91. The number of carbonyl (C=O) groups excluding carboxylic acids is 1. The number of likely N-dealkylation sites (tertiary alicyclic amines) is 1. The predicted octanol–water partition coefficient (Wildman–Crippen LogP) is 0.471. The fourth-order valence-electron chi connectivity index (χ4n) is 1.74. The molecule has 0 aromatic carbocycles. The molecule has 0 aromatic heterocycles. The van der Waals surface area contributed by atoms with Crippen LogP contribution in [0.25, 0.3) is 0 Å². The van der Waals surface area contributed by atoms with E-state index in [0.29, 0.717) is 25.8 Å². The van der Waals surface area contributed by atoms with E-state index in [1.165, 1.54) is 0 Å². The van der Waals surface area contributed by atoms with Gasteiger partial charge in [0.15, 0.2) is 0 Å². The fourth-order valence-corrected chi connectivity index (χ4v) is 1.74. The zero-order valence-corrected chi connectivity index (χ0v) is 9.77. The average molecular weight is 229 g/mol. The lowest BCUT2D eigenvalue weighted by molar-refractivity contribution is -0.147. The molecule has 1 unspecified atom stereocenters. The van der Waals surface area contributed by atoms with Crippen molar-refractivity contribution in [3.63, 3.8) is 0 Å². The molecule has 0 aliphatic carbocycles. The van der Waals surface area contributed by atoms with E-state index in [2.05, 4.69) is 0 Å². The highest BCUT2D eigenvalue weighted by Gasteiger charge is 2.30. The minimum absolute atomic E-state index is 0.0123. The standard InChI is InChI=1S/C11H19NO4/c1-11(2,16)5-6-12-7-8(10(14)15)3-4-9(12)13/h8,16H,3-7H2,1-2H3,(H,14,15). The highest BCUT2D eigenvalue weighted by atomic mass is 16.4. The predicted molar refractivity (Wildman–Crippen MR) is 57.9 cm³/mol. The SMILES string of the molecule is CC(C)(O)CCN1CC(C(=O)O)CCC1=O. The van der Waals surface area contributed by atoms with Crippen molar-refractivity contribution in [1.82, 2.24) is 4.90 Å². The maximum absolute atomic E-state index is 11.5. The number of nitrogens with zero attached hydrogens (tertiary/aromatic N) is 1. The molecule has 1 aliphatic rings. The Morgan fingerprint density at radius 2 is 2.19 bits per heavy atom. The van der Waals surface area contributed by atoms with Gasteiger partial charge in [0.05, 0.1) is 11.5 Å². The number of aliphatic carboxylic acids is 1. The first-order valence-corrected chi connectivity index (χ1v) is 5.52. The third kappa shape index (κ3) is 3.81. The lowest BCUT2D eigenvalue weighted by atomic mass is 9.96. The van der Waals surface area contributed by atoms with Crippen molar-refractivity contribution in [2.45, 2.75) is 38.7 Å². The van der Waals surface area contributed by atoms with Gasteiger partial charge >= 0.3 is 5.97 Å². The van der Waals surface area contributed by atoms with Crippen LogP contribution in [-0.4, -0.2) is 45.7 Å². The second kappa shape index (κ2) is 4.82. The zero-order valence-electron chi connectivity index (χ0n) is 9.77. The molecule has 5 heteroatoms. The molecule has 0 bridgehead atoms. The fraction of sp³-hybridized carbons (Fsp3) is 0.818. The Hall–Kier alpha value is -1.10. The number of carbonyl (C=O) groups is 2. The van der Waals surface area contributed by atoms with Crippen LogP contribution < -0.4 is 0 Å². The van der Waals surface area contributed by atoms with E-state index in [4.69, 9.17) is 5.11 Å². The van der Waals surface area contributed by atoms with Gasteiger partial charge in [0.2, 0.25) is 5.91 Å². The Morgan fingerprint density at radius 3 is 2.69 bits per heavy atom. The van der Waals surface area contributed by atoms with Gasteiger partial charge in [-0.1, -0.05) is 0 Å². The molecule has 1 heterocycles. The van der Waals surface area contributed by atoms with Crippen molar-refractivity contribution in [3.8, 4) is 0 Å². The number of carboxylic acid groups (broad SMARTS) is 1. The highest BCUT2D eigenvalue weighted by molar-refractivity contribution is 5.80. The number of amides is 1. The minimum atomic E-state index is -0.847. The Labute approximate surface area is 95.1 Å². The van der Waals surface area contributed by atoms with Gasteiger partial charge in [-0.15, -0.1) is 0 Å². The summed E-state index contributed by atoms with van der Waals surface area (Å²) >= 11 is 0. The quantitative estimate of drug-likeness (QED) is 0.734. The molecule has 16 heavy (non-hydrogen) atoms. The van der Waals surface area contributed by atoms with Crippen molar-refractivity contribution >= 4 is 11.9 Å². The van der Waals surface area contributed by atoms with Crippen LogP contribution in [0.4, 0.5) is 0 Å². The van der Waals surface area contributed by atoms with E-state index >= 15 is 0 Å². The van der Waals surface area contributed by atoms with Crippen LogP contribution in [0.5, 0.6) is 0 Å². The van der Waals surface area contributed by atoms with Crippen molar-refractivity contribution in [2.24, 2.45) is 5.92 Å². The number of piperidine rings is 1. The summed E-state index contributed by atoms with van der Waals surface area (Å²) in [4.78, 5) is 23.9. The first-order chi connectivity index (χ1) is 7.29. The van der Waals surface area contributed by atoms with E-state index in [1.54, 1.807) is 18.7 Å². The van der Waals surface area contributed by atoms with Crippen LogP contribution in [0.1, 0.15) is 33.1 Å². The first kappa shape index (κ1) is 13.0. The molecular formula is C11H19NO4. The summed E-state index contributed by atoms with van der Waals surface area (Å²) in [6.07, 6.45) is 1.18. The lowest BCUT2D eigenvalue weighted by Gasteiger charge is -2.32. The van der Waals surface area contributed by atoms with Crippen LogP contribution in [0.3, 0.4) is 0 Å². The maximum atomic E-state index is 11.5. The van der Waals surface area contributed by atoms with Gasteiger partial charge in [-0.3, -0.25) is 9.59 Å². The Morgan fingerprint density at radius 1 is 1.56 bits per heavy atom. The summed E-state index contributed by atoms with van der Waals surface area (Å²) in [5.74, 6) is -1.32. The highest BCUT2D eigenvalue weighted by Crippen LogP contribution is 2.19. The molecular weight excluding hydrogens is 210 g/mol. The summed E-state index contributed by atoms with van der Waals surface area (Å²) in [5.41, 5.74) is -0.823. The molecule has 1 atom stereocenters. The molecule has 2 N–H and O–H groups in total. The minimum Gasteiger partial charge on any atom is -0.481 e. The lowest BCUT2D eigenvalue weighted by Crippen LogP contribution is -2.44. The van der Waals surface area contributed by atoms with Gasteiger partial charge in [0, 0.05) is 19.5 Å². The molecule has 1 amide bonds. The summed E-state index contributed by atoms with van der Waals surface area (Å²) in [5, 5.41) is 18.4. The van der Waals surface area contributed by atoms with E-state index in [-0.39, 0.29) is 12.5 Å². The number of hydrogen-bond acceptors (Lipinski definition) is 3. The normalized spacial score (nSPS) is 22.3. The van der Waals surface area contributed by atoms with Gasteiger partial charge in [0.1, 0.15) is 0 Å². The monoisotopic (exact) mass is 229 g/mol. The van der Waals surface area contributed by atoms with Crippen molar-refractivity contribution in [1.29, 1.82) is 0 Å². The molecule has 5 nitrogen and oxygen atoms in total. The Balaban J connectivity index is 2.50. The summed E-state index contributed by atoms with van der Waals surface area (Å²) in [7, 11) is 0. The number of rotatable bonds is 4. The van der Waals surface area contributed by atoms with Crippen molar-refractivity contribution in [3.05, 3.63) is 0 Å². The van der Waals surface area contributed by atoms with Crippen molar-refractivity contribution < 1.29 is 19.8 Å². The molecule has 0 radical (unpaired) electrons.